The van der Waals surface area contributed by atoms with Crippen LogP contribution >= 0.6 is 0 Å². The van der Waals surface area contributed by atoms with Gasteiger partial charge in [0, 0.05) is 44.1 Å². The van der Waals surface area contributed by atoms with E-state index in [0.29, 0.717) is 5.95 Å². The Bertz CT molecular complexity index is 910. The van der Waals surface area contributed by atoms with Crippen LogP contribution in [0.1, 0.15) is 6.92 Å². The van der Waals surface area contributed by atoms with Crippen LogP contribution in [0.25, 0.3) is 0 Å². The minimum absolute atomic E-state index is 0.686. The number of para-hydroxylation sites is 1. The number of hydrogen-bond donors (Lipinski definition) is 0. The van der Waals surface area contributed by atoms with E-state index in [9.17, 15) is 0 Å². The van der Waals surface area contributed by atoms with Crippen LogP contribution in [-0.4, -0.2) is 55.0 Å². The third-order valence-electron chi connectivity index (χ3n) is 5.20. The molecule has 4 rings (SSSR count). The molecule has 1 fully saturated rings. The number of anilines is 4. The summed E-state index contributed by atoms with van der Waals surface area (Å²) in [6.45, 7) is 6.46. The fourth-order valence-corrected chi connectivity index (χ4v) is 3.59. The van der Waals surface area contributed by atoms with Crippen molar-refractivity contribution in [1.29, 1.82) is 0 Å². The number of hydrogen-bond acceptors (Lipinski definition) is 7. The van der Waals surface area contributed by atoms with Gasteiger partial charge in [-0.25, -0.2) is 0 Å². The second-order valence-corrected chi connectivity index (χ2v) is 6.87. The summed E-state index contributed by atoms with van der Waals surface area (Å²) in [6, 6.07) is 18.5. The molecule has 1 aliphatic heterocycles. The molecule has 1 aliphatic rings. The second kappa shape index (κ2) is 8.77. The molecule has 0 aliphatic carbocycles. The number of methoxy groups -OCH3 is 1. The van der Waals surface area contributed by atoms with Gasteiger partial charge in [0.2, 0.25) is 5.95 Å². The molecule has 1 aromatic heterocycles. The van der Waals surface area contributed by atoms with Gasteiger partial charge in [0.15, 0.2) is 5.82 Å². The lowest BCUT2D eigenvalue weighted by atomic mass is 10.2. The largest absolute Gasteiger partial charge is 0.497 e. The predicted octanol–water partition coefficient (Wildman–Crippen LogP) is 3.36. The molecule has 0 saturated carbocycles. The van der Waals surface area contributed by atoms with Crippen LogP contribution in [0, 0.1) is 0 Å². The van der Waals surface area contributed by atoms with E-state index >= 15 is 0 Å². The lowest BCUT2D eigenvalue weighted by molar-refractivity contribution is 0.415. The summed E-state index contributed by atoms with van der Waals surface area (Å²) in [7, 11) is 1.69. The maximum absolute atomic E-state index is 5.25. The highest BCUT2D eigenvalue weighted by molar-refractivity contribution is 5.60. The summed E-state index contributed by atoms with van der Waals surface area (Å²) in [5, 5.41) is 8.52. The third kappa shape index (κ3) is 4.23. The van der Waals surface area contributed by atoms with Gasteiger partial charge in [-0.05, 0) is 43.3 Å². The fraction of sp³-hybridized carbons (Fsp3) is 0.318. The molecule has 1 saturated heterocycles. The van der Waals surface area contributed by atoms with Crippen LogP contribution in [0.5, 0.6) is 5.75 Å². The number of ether oxygens (including phenoxy) is 1. The Balaban J connectivity index is 1.45. The van der Waals surface area contributed by atoms with Crippen molar-refractivity contribution in [3.63, 3.8) is 0 Å². The van der Waals surface area contributed by atoms with Crippen molar-refractivity contribution in [2.75, 3.05) is 54.5 Å². The summed E-state index contributed by atoms with van der Waals surface area (Å²) in [6.07, 6.45) is 1.73. The Morgan fingerprint density at radius 3 is 2.28 bits per heavy atom. The van der Waals surface area contributed by atoms with Crippen LogP contribution in [0.2, 0.25) is 0 Å². The minimum atomic E-state index is 0.686. The van der Waals surface area contributed by atoms with Gasteiger partial charge in [0.25, 0.3) is 0 Å². The normalized spacial score (nSPS) is 14.0. The van der Waals surface area contributed by atoms with E-state index in [4.69, 9.17) is 9.72 Å². The molecular formula is C22H26N6O. The summed E-state index contributed by atoms with van der Waals surface area (Å²) >= 11 is 0. The fourth-order valence-electron chi connectivity index (χ4n) is 3.59. The Hall–Kier alpha value is -3.35. The SMILES string of the molecule is CCN(c1ccccc1)c1cnnc(N2CCN(c3ccc(OC)cc3)CC2)n1. The van der Waals surface area contributed by atoms with Crippen molar-refractivity contribution in [2.24, 2.45) is 0 Å². The molecule has 0 bridgehead atoms. The van der Waals surface area contributed by atoms with Crippen LogP contribution in [-0.2, 0) is 0 Å². The highest BCUT2D eigenvalue weighted by Crippen LogP contribution is 2.25. The highest BCUT2D eigenvalue weighted by atomic mass is 16.5. The molecule has 7 nitrogen and oxygen atoms in total. The molecule has 0 radical (unpaired) electrons. The Morgan fingerprint density at radius 1 is 0.931 bits per heavy atom. The van der Waals surface area contributed by atoms with Crippen molar-refractivity contribution < 1.29 is 4.74 Å². The molecule has 29 heavy (non-hydrogen) atoms. The smallest absolute Gasteiger partial charge is 0.247 e. The first-order valence-corrected chi connectivity index (χ1v) is 9.94. The zero-order valence-electron chi connectivity index (χ0n) is 16.9. The van der Waals surface area contributed by atoms with E-state index in [2.05, 4.69) is 56.1 Å². The first kappa shape index (κ1) is 19.0. The molecule has 150 valence electrons. The third-order valence-corrected chi connectivity index (χ3v) is 5.20. The maximum Gasteiger partial charge on any atom is 0.247 e. The molecule has 3 aromatic rings. The highest BCUT2D eigenvalue weighted by Gasteiger charge is 2.21. The molecule has 7 heteroatoms. The number of benzene rings is 2. The maximum atomic E-state index is 5.25. The Kier molecular flexibility index (Phi) is 5.74. The number of rotatable bonds is 6. The van der Waals surface area contributed by atoms with Gasteiger partial charge in [-0.1, -0.05) is 18.2 Å². The lowest BCUT2D eigenvalue weighted by Crippen LogP contribution is -2.47. The van der Waals surface area contributed by atoms with Crippen molar-refractivity contribution in [3.05, 3.63) is 60.8 Å². The molecule has 0 spiro atoms. The molecule has 0 atom stereocenters. The van der Waals surface area contributed by atoms with Crippen LogP contribution in [0.3, 0.4) is 0 Å². The van der Waals surface area contributed by atoms with Gasteiger partial charge in [-0.3, -0.25) is 0 Å². The van der Waals surface area contributed by atoms with Crippen LogP contribution in [0.15, 0.2) is 60.8 Å². The van der Waals surface area contributed by atoms with Crippen LogP contribution < -0.4 is 19.4 Å². The standard InChI is InChI=1S/C22H26N6O/c1-3-28(19-7-5-4-6-8-19)21-17-23-25-22(24-21)27-15-13-26(14-16-27)18-9-11-20(29-2)12-10-18/h4-12,17H,3,13-16H2,1-2H3. The zero-order valence-corrected chi connectivity index (χ0v) is 16.9. The quantitative estimate of drug-likeness (QED) is 0.640. The van der Waals surface area contributed by atoms with Crippen molar-refractivity contribution >= 4 is 23.1 Å². The van der Waals surface area contributed by atoms with Crippen molar-refractivity contribution in [2.45, 2.75) is 6.92 Å². The molecule has 0 N–H and O–H groups in total. The molecule has 0 unspecified atom stereocenters. The van der Waals surface area contributed by atoms with E-state index in [1.54, 1.807) is 13.3 Å². The predicted molar refractivity (Wildman–Crippen MR) is 116 cm³/mol. The molecule has 2 heterocycles. The lowest BCUT2D eigenvalue weighted by Gasteiger charge is -2.36. The summed E-state index contributed by atoms with van der Waals surface area (Å²) < 4.78 is 5.25. The second-order valence-electron chi connectivity index (χ2n) is 6.87. The zero-order chi connectivity index (χ0) is 20.1. The summed E-state index contributed by atoms with van der Waals surface area (Å²) in [5.74, 6) is 2.38. The monoisotopic (exact) mass is 390 g/mol. The minimum Gasteiger partial charge on any atom is -0.497 e. The molecular weight excluding hydrogens is 364 g/mol. The van der Waals surface area contributed by atoms with Gasteiger partial charge in [0.05, 0.1) is 13.3 Å². The van der Waals surface area contributed by atoms with E-state index in [1.807, 2.05) is 30.3 Å². The summed E-state index contributed by atoms with van der Waals surface area (Å²) in [5.41, 5.74) is 2.31. The average Bonchev–Trinajstić information content (AvgIpc) is 2.81. The van der Waals surface area contributed by atoms with E-state index in [1.165, 1.54) is 5.69 Å². The van der Waals surface area contributed by atoms with Gasteiger partial charge in [-0.15, -0.1) is 5.10 Å². The van der Waals surface area contributed by atoms with Crippen molar-refractivity contribution in [1.82, 2.24) is 15.2 Å². The van der Waals surface area contributed by atoms with Gasteiger partial charge < -0.3 is 19.4 Å². The number of nitrogens with zero attached hydrogens (tertiary/aromatic N) is 6. The van der Waals surface area contributed by atoms with Gasteiger partial charge in [-0.2, -0.15) is 10.1 Å². The summed E-state index contributed by atoms with van der Waals surface area (Å²) in [4.78, 5) is 11.5. The Labute approximate surface area is 171 Å². The van der Waals surface area contributed by atoms with E-state index in [0.717, 1.165) is 50.0 Å². The first-order valence-electron chi connectivity index (χ1n) is 9.94. The van der Waals surface area contributed by atoms with Gasteiger partial charge in [0.1, 0.15) is 5.75 Å². The van der Waals surface area contributed by atoms with Crippen LogP contribution in [0.4, 0.5) is 23.1 Å². The average molecular weight is 390 g/mol. The van der Waals surface area contributed by atoms with E-state index in [-0.39, 0.29) is 0 Å². The van der Waals surface area contributed by atoms with E-state index < -0.39 is 0 Å². The number of piperazine rings is 1. The Morgan fingerprint density at radius 2 is 1.62 bits per heavy atom. The van der Waals surface area contributed by atoms with Gasteiger partial charge >= 0.3 is 0 Å². The topological polar surface area (TPSA) is 57.6 Å². The first-order chi connectivity index (χ1) is 14.3. The molecule has 2 aromatic carbocycles. The number of aromatic nitrogens is 3. The van der Waals surface area contributed by atoms with Crippen molar-refractivity contribution in [3.8, 4) is 5.75 Å². The molecule has 0 amide bonds.